The quantitative estimate of drug-likeness (QED) is 0.614. The van der Waals surface area contributed by atoms with Gasteiger partial charge in [0.05, 0.1) is 0 Å². The lowest BCUT2D eigenvalue weighted by atomic mass is 10.1. The molecule has 2 N–H and O–H groups in total. The Morgan fingerprint density at radius 3 is 2.00 bits per heavy atom. The molecule has 0 saturated heterocycles. The maximum absolute atomic E-state index is 5.61. The molecule has 0 amide bonds. The van der Waals surface area contributed by atoms with Gasteiger partial charge in [0.2, 0.25) is 0 Å². The Balaban J connectivity index is 0.000000810. The lowest BCUT2D eigenvalue weighted by Crippen LogP contribution is -2.03. The van der Waals surface area contributed by atoms with Crippen LogP contribution in [0, 0.1) is 0 Å². The minimum atomic E-state index is 0. The maximum Gasteiger partial charge on any atom is 0.0266 e. The van der Waals surface area contributed by atoms with E-state index in [1.165, 1.54) is 5.56 Å². The molecule has 0 bridgehead atoms. The summed E-state index contributed by atoms with van der Waals surface area (Å²) in [4.78, 5) is 0. The van der Waals surface area contributed by atoms with Crippen molar-refractivity contribution in [1.29, 1.82) is 0 Å². The average molecular weight is 155 g/mol. The van der Waals surface area contributed by atoms with Gasteiger partial charge in [-0.1, -0.05) is 30.3 Å². The van der Waals surface area contributed by atoms with E-state index in [0.717, 1.165) is 0 Å². The number of rotatable bonds is 1. The molecule has 0 aliphatic rings. The molecule has 10 heavy (non-hydrogen) atoms. The molecular formula is C8H14NP. The summed E-state index contributed by atoms with van der Waals surface area (Å²) in [5, 5.41) is 0. The molecule has 2 unspecified atom stereocenters. The summed E-state index contributed by atoms with van der Waals surface area (Å²) in [6.45, 7) is 1.98. The van der Waals surface area contributed by atoms with Gasteiger partial charge < -0.3 is 5.73 Å². The Morgan fingerprint density at radius 2 is 1.70 bits per heavy atom. The molecule has 0 aromatic heterocycles. The van der Waals surface area contributed by atoms with Crippen LogP contribution in [0.3, 0.4) is 0 Å². The topological polar surface area (TPSA) is 26.0 Å². The van der Waals surface area contributed by atoms with Crippen LogP contribution in [0.15, 0.2) is 30.3 Å². The molecule has 0 spiro atoms. The molecule has 0 aliphatic heterocycles. The van der Waals surface area contributed by atoms with Crippen LogP contribution in [0.2, 0.25) is 0 Å². The first-order chi connectivity index (χ1) is 4.30. The Morgan fingerprint density at radius 1 is 1.20 bits per heavy atom. The largest absolute Gasteiger partial charge is 0.324 e. The van der Waals surface area contributed by atoms with Crippen molar-refractivity contribution in [2.45, 2.75) is 13.0 Å². The summed E-state index contributed by atoms with van der Waals surface area (Å²) in [6.07, 6.45) is 0. The van der Waals surface area contributed by atoms with Crippen LogP contribution >= 0.6 is 9.90 Å². The fourth-order valence-electron chi connectivity index (χ4n) is 0.757. The van der Waals surface area contributed by atoms with E-state index in [2.05, 4.69) is 0 Å². The van der Waals surface area contributed by atoms with Crippen molar-refractivity contribution >= 4 is 9.90 Å². The molecule has 2 atom stereocenters. The van der Waals surface area contributed by atoms with E-state index in [-0.39, 0.29) is 15.9 Å². The Bertz CT molecular complexity index is 172. The lowest BCUT2D eigenvalue weighted by Gasteiger charge is -2.02. The van der Waals surface area contributed by atoms with Crippen LogP contribution in [0.1, 0.15) is 18.5 Å². The van der Waals surface area contributed by atoms with E-state index in [4.69, 9.17) is 5.73 Å². The van der Waals surface area contributed by atoms with Crippen molar-refractivity contribution in [3.8, 4) is 0 Å². The fraction of sp³-hybridized carbons (Fsp3) is 0.250. The van der Waals surface area contributed by atoms with Crippen LogP contribution in [0.25, 0.3) is 0 Å². The third kappa shape index (κ3) is 2.47. The molecule has 1 aromatic carbocycles. The molecule has 1 rings (SSSR count). The second kappa shape index (κ2) is 4.43. The predicted octanol–water partition coefficient (Wildman–Crippen LogP) is 1.76. The van der Waals surface area contributed by atoms with Crippen molar-refractivity contribution in [2.24, 2.45) is 5.73 Å². The van der Waals surface area contributed by atoms with Crippen LogP contribution in [-0.4, -0.2) is 0 Å². The van der Waals surface area contributed by atoms with Gasteiger partial charge in [0.15, 0.2) is 0 Å². The van der Waals surface area contributed by atoms with E-state index in [1.807, 2.05) is 37.3 Å². The summed E-state index contributed by atoms with van der Waals surface area (Å²) in [6, 6.07) is 10.2. The molecule has 0 fully saturated rings. The summed E-state index contributed by atoms with van der Waals surface area (Å²) >= 11 is 0. The molecule has 1 nitrogen and oxygen atoms in total. The van der Waals surface area contributed by atoms with E-state index in [9.17, 15) is 0 Å². The Kier molecular flexibility index (Phi) is 4.26. The van der Waals surface area contributed by atoms with Crippen molar-refractivity contribution in [2.75, 3.05) is 0 Å². The highest BCUT2D eigenvalue weighted by Crippen LogP contribution is 2.06. The smallest absolute Gasteiger partial charge is 0.0266 e. The molecule has 0 radical (unpaired) electrons. The highest BCUT2D eigenvalue weighted by atomic mass is 31.0. The third-order valence-corrected chi connectivity index (χ3v) is 1.33. The van der Waals surface area contributed by atoms with Crippen molar-refractivity contribution < 1.29 is 0 Å². The van der Waals surface area contributed by atoms with Gasteiger partial charge in [-0.15, -0.1) is 0 Å². The number of hydrogen-bond acceptors (Lipinski definition) is 1. The van der Waals surface area contributed by atoms with Gasteiger partial charge in [-0.05, 0) is 12.5 Å². The molecule has 0 saturated carbocycles. The van der Waals surface area contributed by atoms with Crippen LogP contribution in [0.5, 0.6) is 0 Å². The highest BCUT2D eigenvalue weighted by molar-refractivity contribution is 6.92. The second-order valence-corrected chi connectivity index (χ2v) is 2.20. The first-order valence-electron chi connectivity index (χ1n) is 3.11. The first kappa shape index (κ1) is 9.61. The van der Waals surface area contributed by atoms with Crippen molar-refractivity contribution in [3.63, 3.8) is 0 Å². The number of benzene rings is 1. The third-order valence-electron chi connectivity index (χ3n) is 1.33. The number of hydrogen-bond donors (Lipinski definition) is 1. The minimum Gasteiger partial charge on any atom is -0.324 e. The predicted molar refractivity (Wildman–Crippen MR) is 50.1 cm³/mol. The average Bonchev–Trinajstić information content (AvgIpc) is 1.90. The van der Waals surface area contributed by atoms with Crippen LogP contribution in [-0.2, 0) is 0 Å². The molecular weight excluding hydrogens is 141 g/mol. The molecule has 0 heterocycles. The summed E-state index contributed by atoms with van der Waals surface area (Å²) < 4.78 is 0. The van der Waals surface area contributed by atoms with Crippen LogP contribution in [0.4, 0.5) is 0 Å². The lowest BCUT2D eigenvalue weighted by molar-refractivity contribution is 0.818. The van der Waals surface area contributed by atoms with Gasteiger partial charge >= 0.3 is 0 Å². The number of nitrogens with two attached hydrogens (primary N) is 1. The summed E-state index contributed by atoms with van der Waals surface area (Å²) in [7, 11) is 0. The van der Waals surface area contributed by atoms with E-state index < -0.39 is 0 Å². The fourth-order valence-corrected chi connectivity index (χ4v) is 0.757. The highest BCUT2D eigenvalue weighted by Gasteiger charge is 1.93. The molecule has 56 valence electrons. The zero-order chi connectivity index (χ0) is 6.69. The van der Waals surface area contributed by atoms with Crippen molar-refractivity contribution in [3.05, 3.63) is 35.9 Å². The van der Waals surface area contributed by atoms with Crippen LogP contribution < -0.4 is 5.73 Å². The Labute approximate surface area is 65.3 Å². The van der Waals surface area contributed by atoms with Gasteiger partial charge in [-0.25, -0.2) is 0 Å². The summed E-state index contributed by atoms with van der Waals surface area (Å²) in [5.41, 5.74) is 6.81. The van der Waals surface area contributed by atoms with Gasteiger partial charge in [0, 0.05) is 6.04 Å². The normalized spacial score (nSPS) is 11.8. The van der Waals surface area contributed by atoms with Gasteiger partial charge in [0.25, 0.3) is 0 Å². The van der Waals surface area contributed by atoms with E-state index in [1.54, 1.807) is 0 Å². The Hall–Kier alpha value is -0.390. The minimum absolute atomic E-state index is 0. The second-order valence-electron chi connectivity index (χ2n) is 2.20. The zero-order valence-corrected chi connectivity index (χ0v) is 7.66. The first-order valence-corrected chi connectivity index (χ1v) is 3.11. The van der Waals surface area contributed by atoms with Gasteiger partial charge in [0.1, 0.15) is 0 Å². The molecule has 2 heteroatoms. The zero-order valence-electron chi connectivity index (χ0n) is 6.25. The van der Waals surface area contributed by atoms with Crippen molar-refractivity contribution in [1.82, 2.24) is 0 Å². The van der Waals surface area contributed by atoms with Gasteiger partial charge in [-0.3, -0.25) is 0 Å². The standard InChI is InChI=1S/C8H11N.H3P/c1-7(9)8-5-3-2-4-6-8;/h2-7H,9H2,1H3;1H3. The summed E-state index contributed by atoms with van der Waals surface area (Å²) in [5.74, 6) is 0. The van der Waals surface area contributed by atoms with E-state index in [0.29, 0.717) is 0 Å². The molecule has 1 aromatic rings. The SMILES string of the molecule is CC(N)c1ccccc1.P. The monoisotopic (exact) mass is 155 g/mol. The molecule has 0 aliphatic carbocycles. The maximum atomic E-state index is 5.61. The van der Waals surface area contributed by atoms with Gasteiger partial charge in [-0.2, -0.15) is 9.90 Å². The van der Waals surface area contributed by atoms with E-state index >= 15 is 0 Å².